The molecule has 1 aliphatic heterocycles. The van der Waals surface area contributed by atoms with E-state index in [1.165, 1.54) is 0 Å². The van der Waals surface area contributed by atoms with Crippen molar-refractivity contribution in [3.63, 3.8) is 0 Å². The first-order valence-electron chi connectivity index (χ1n) is 8.15. The third-order valence-electron chi connectivity index (χ3n) is 4.17. The number of hydrogen-bond acceptors (Lipinski definition) is 4. The average molecular weight is 361 g/mol. The Hall–Kier alpha value is -2.47. The second-order valence-electron chi connectivity index (χ2n) is 5.89. The molecule has 2 amide bonds. The molecule has 6 nitrogen and oxygen atoms in total. The fourth-order valence-electron chi connectivity index (χ4n) is 2.82. The van der Waals surface area contributed by atoms with Gasteiger partial charge in [-0.1, -0.05) is 17.7 Å². The van der Waals surface area contributed by atoms with Crippen molar-refractivity contribution in [3.8, 4) is 5.75 Å². The van der Waals surface area contributed by atoms with Gasteiger partial charge in [0.25, 0.3) is 0 Å². The van der Waals surface area contributed by atoms with Crippen molar-refractivity contribution in [1.82, 2.24) is 9.88 Å². The summed E-state index contributed by atoms with van der Waals surface area (Å²) >= 11 is 6.01. The molecule has 1 fully saturated rings. The number of urea groups is 1. The van der Waals surface area contributed by atoms with Crippen LogP contribution in [0.1, 0.15) is 5.69 Å². The van der Waals surface area contributed by atoms with Crippen LogP contribution >= 0.6 is 11.6 Å². The highest BCUT2D eigenvalue weighted by Crippen LogP contribution is 2.28. The van der Waals surface area contributed by atoms with Gasteiger partial charge in [0.15, 0.2) is 0 Å². The number of carbonyl (C=O) groups is 1. The zero-order valence-electron chi connectivity index (χ0n) is 14.3. The molecule has 0 atom stereocenters. The Bertz CT molecular complexity index is 760. The normalized spacial score (nSPS) is 14.4. The van der Waals surface area contributed by atoms with E-state index >= 15 is 0 Å². The second-order valence-corrected chi connectivity index (χ2v) is 6.32. The molecule has 1 aromatic heterocycles. The Morgan fingerprint density at radius 3 is 2.64 bits per heavy atom. The van der Waals surface area contributed by atoms with Crippen molar-refractivity contribution in [2.24, 2.45) is 0 Å². The highest BCUT2D eigenvalue weighted by Gasteiger charge is 2.22. The molecule has 3 rings (SSSR count). The maximum absolute atomic E-state index is 12.5. The lowest BCUT2D eigenvalue weighted by Gasteiger charge is -2.35. The number of amides is 2. The molecule has 25 heavy (non-hydrogen) atoms. The van der Waals surface area contributed by atoms with Gasteiger partial charge in [-0.05, 0) is 37.3 Å². The highest BCUT2D eigenvalue weighted by molar-refractivity contribution is 6.31. The number of aryl methyl sites for hydroxylation is 1. The Morgan fingerprint density at radius 2 is 1.96 bits per heavy atom. The molecule has 0 saturated carbocycles. The molecular formula is C18H21ClN4O2. The van der Waals surface area contributed by atoms with Crippen molar-refractivity contribution >= 4 is 29.1 Å². The van der Waals surface area contributed by atoms with Gasteiger partial charge in [0, 0.05) is 36.9 Å². The lowest BCUT2D eigenvalue weighted by atomic mass is 10.2. The Kier molecular flexibility index (Phi) is 5.28. The molecule has 1 aliphatic rings. The van der Waals surface area contributed by atoms with Crippen LogP contribution in [0.4, 0.5) is 16.3 Å². The second kappa shape index (κ2) is 7.61. The van der Waals surface area contributed by atoms with E-state index in [0.29, 0.717) is 29.5 Å². The molecule has 1 saturated heterocycles. The smallest absolute Gasteiger partial charge is 0.322 e. The van der Waals surface area contributed by atoms with Gasteiger partial charge in [-0.3, -0.25) is 0 Å². The summed E-state index contributed by atoms with van der Waals surface area (Å²) in [6, 6.07) is 11.0. The Morgan fingerprint density at radius 1 is 1.20 bits per heavy atom. The van der Waals surface area contributed by atoms with Gasteiger partial charge in [0.05, 0.1) is 12.8 Å². The minimum Gasteiger partial charge on any atom is -0.495 e. The molecule has 0 radical (unpaired) electrons. The minimum atomic E-state index is -0.155. The number of anilines is 2. The van der Waals surface area contributed by atoms with Gasteiger partial charge in [0.1, 0.15) is 11.6 Å². The van der Waals surface area contributed by atoms with Crippen molar-refractivity contribution in [2.45, 2.75) is 6.92 Å². The number of benzene rings is 1. The fraction of sp³-hybridized carbons (Fsp3) is 0.333. The monoisotopic (exact) mass is 360 g/mol. The molecule has 2 aromatic rings. The summed E-state index contributed by atoms with van der Waals surface area (Å²) in [5.74, 6) is 1.54. The van der Waals surface area contributed by atoms with E-state index in [4.69, 9.17) is 16.3 Å². The van der Waals surface area contributed by atoms with Crippen LogP contribution in [0.2, 0.25) is 5.02 Å². The number of halogens is 1. The molecule has 7 heteroatoms. The summed E-state index contributed by atoms with van der Waals surface area (Å²) in [4.78, 5) is 21.0. The number of methoxy groups -OCH3 is 1. The third-order valence-corrected chi connectivity index (χ3v) is 4.40. The number of carbonyl (C=O) groups excluding carboxylic acids is 1. The van der Waals surface area contributed by atoms with E-state index in [1.54, 1.807) is 30.2 Å². The summed E-state index contributed by atoms with van der Waals surface area (Å²) in [5.41, 5.74) is 1.56. The standard InChI is InChI=1S/C18H21ClN4O2/c1-13-4-3-5-17(20-13)22-8-10-23(11-9-22)18(24)21-15-12-14(19)6-7-16(15)25-2/h3-7,12H,8-11H2,1-2H3,(H,21,24). The first-order valence-corrected chi connectivity index (χ1v) is 8.52. The van der Waals surface area contributed by atoms with Crippen LogP contribution in [0.25, 0.3) is 0 Å². The van der Waals surface area contributed by atoms with Crippen LogP contribution in [0, 0.1) is 6.92 Å². The zero-order chi connectivity index (χ0) is 17.8. The van der Waals surface area contributed by atoms with Crippen molar-refractivity contribution in [3.05, 3.63) is 47.1 Å². The van der Waals surface area contributed by atoms with Gasteiger partial charge >= 0.3 is 6.03 Å². The van der Waals surface area contributed by atoms with Gasteiger partial charge in [0.2, 0.25) is 0 Å². The van der Waals surface area contributed by atoms with Crippen LogP contribution in [0.15, 0.2) is 36.4 Å². The first kappa shape index (κ1) is 17.4. The number of rotatable bonds is 3. The van der Waals surface area contributed by atoms with Crippen LogP contribution < -0.4 is 15.0 Å². The number of hydrogen-bond donors (Lipinski definition) is 1. The molecule has 0 bridgehead atoms. The van der Waals surface area contributed by atoms with Crippen LogP contribution in [0.3, 0.4) is 0 Å². The lowest BCUT2D eigenvalue weighted by molar-refractivity contribution is 0.208. The largest absolute Gasteiger partial charge is 0.495 e. The summed E-state index contributed by atoms with van der Waals surface area (Å²) in [7, 11) is 1.56. The summed E-state index contributed by atoms with van der Waals surface area (Å²) in [6.45, 7) is 4.73. The summed E-state index contributed by atoms with van der Waals surface area (Å²) in [5, 5.41) is 3.43. The summed E-state index contributed by atoms with van der Waals surface area (Å²) < 4.78 is 5.27. The number of aromatic nitrogens is 1. The maximum Gasteiger partial charge on any atom is 0.322 e. The predicted octanol–water partition coefficient (Wildman–Crippen LogP) is 3.41. The SMILES string of the molecule is COc1ccc(Cl)cc1NC(=O)N1CCN(c2cccc(C)n2)CC1. The van der Waals surface area contributed by atoms with Gasteiger partial charge < -0.3 is 19.9 Å². The predicted molar refractivity (Wildman–Crippen MR) is 99.8 cm³/mol. The molecule has 0 aliphatic carbocycles. The summed E-state index contributed by atoms with van der Waals surface area (Å²) in [6.07, 6.45) is 0. The number of piperazine rings is 1. The lowest BCUT2D eigenvalue weighted by Crippen LogP contribution is -2.50. The average Bonchev–Trinajstić information content (AvgIpc) is 2.62. The first-order chi connectivity index (χ1) is 12.1. The van der Waals surface area contributed by atoms with Gasteiger partial charge in [-0.15, -0.1) is 0 Å². The number of nitrogens with one attached hydrogen (secondary N) is 1. The number of nitrogens with zero attached hydrogens (tertiary/aromatic N) is 3. The quantitative estimate of drug-likeness (QED) is 0.911. The van der Waals surface area contributed by atoms with E-state index in [1.807, 2.05) is 25.1 Å². The van der Waals surface area contributed by atoms with E-state index in [2.05, 4.69) is 15.2 Å². The molecule has 0 spiro atoms. The van der Waals surface area contributed by atoms with Crippen LogP contribution in [0.5, 0.6) is 5.75 Å². The van der Waals surface area contributed by atoms with E-state index in [0.717, 1.165) is 24.6 Å². The van der Waals surface area contributed by atoms with Gasteiger partial charge in [-0.2, -0.15) is 0 Å². The third kappa shape index (κ3) is 4.14. The minimum absolute atomic E-state index is 0.155. The number of pyridine rings is 1. The van der Waals surface area contributed by atoms with Crippen molar-refractivity contribution < 1.29 is 9.53 Å². The van der Waals surface area contributed by atoms with Crippen LogP contribution in [-0.2, 0) is 0 Å². The van der Waals surface area contributed by atoms with E-state index in [-0.39, 0.29) is 6.03 Å². The molecule has 0 unspecified atom stereocenters. The van der Waals surface area contributed by atoms with E-state index in [9.17, 15) is 4.79 Å². The molecule has 1 aromatic carbocycles. The fourth-order valence-corrected chi connectivity index (χ4v) is 2.99. The molecule has 2 heterocycles. The molecule has 1 N–H and O–H groups in total. The van der Waals surface area contributed by atoms with Gasteiger partial charge in [-0.25, -0.2) is 9.78 Å². The Labute approximate surface area is 152 Å². The van der Waals surface area contributed by atoms with Crippen LogP contribution in [-0.4, -0.2) is 49.2 Å². The maximum atomic E-state index is 12.5. The highest BCUT2D eigenvalue weighted by atomic mass is 35.5. The topological polar surface area (TPSA) is 57.7 Å². The molecule has 132 valence electrons. The zero-order valence-corrected chi connectivity index (χ0v) is 15.1. The van der Waals surface area contributed by atoms with Crippen molar-refractivity contribution in [1.29, 1.82) is 0 Å². The van der Waals surface area contributed by atoms with Crippen molar-refractivity contribution in [2.75, 3.05) is 43.5 Å². The Balaban J connectivity index is 1.61. The van der Waals surface area contributed by atoms with E-state index < -0.39 is 0 Å². The number of ether oxygens (including phenoxy) is 1. The molecular weight excluding hydrogens is 340 g/mol.